The van der Waals surface area contributed by atoms with Gasteiger partial charge < -0.3 is 9.47 Å². The van der Waals surface area contributed by atoms with Crippen molar-refractivity contribution in [1.29, 1.82) is 0 Å². The smallest absolute Gasteiger partial charge is 0.337 e. The number of carbonyl (C=O) groups is 2. The first-order valence-corrected chi connectivity index (χ1v) is 4.73. The summed E-state index contributed by atoms with van der Waals surface area (Å²) in [6.45, 7) is 2.26. The summed E-state index contributed by atoms with van der Waals surface area (Å²) < 4.78 is 31.0. The standard InChI is InChI=1S/C6H9FO2.C4H7FO2/c1-2-9-6(8)4-3-5-7;1-2-7-4(6)3-5/h3-4H,2,5H2,1H3;2-3H2,1H3. The van der Waals surface area contributed by atoms with Crippen LogP contribution in [0, 0.1) is 0 Å². The van der Waals surface area contributed by atoms with Gasteiger partial charge in [-0.25, -0.2) is 18.4 Å². The van der Waals surface area contributed by atoms with E-state index < -0.39 is 25.3 Å². The fraction of sp³-hybridized carbons (Fsp3) is 0.600. The average molecular weight is 238 g/mol. The van der Waals surface area contributed by atoms with Crippen LogP contribution in [0.4, 0.5) is 8.78 Å². The lowest BCUT2D eigenvalue weighted by Gasteiger charge is -1.92. The van der Waals surface area contributed by atoms with Crippen LogP contribution in [0.15, 0.2) is 12.2 Å². The molecule has 6 heteroatoms. The second kappa shape index (κ2) is 13.5. The zero-order valence-electron chi connectivity index (χ0n) is 9.37. The van der Waals surface area contributed by atoms with Crippen molar-refractivity contribution >= 4 is 11.9 Å². The van der Waals surface area contributed by atoms with E-state index in [2.05, 4.69) is 9.47 Å². The fourth-order valence-corrected chi connectivity index (χ4v) is 0.531. The Morgan fingerprint density at radius 3 is 2.00 bits per heavy atom. The van der Waals surface area contributed by atoms with Crippen LogP contribution < -0.4 is 0 Å². The largest absolute Gasteiger partial charge is 0.464 e. The molecule has 0 heterocycles. The first-order valence-electron chi connectivity index (χ1n) is 4.73. The zero-order chi connectivity index (χ0) is 12.8. The molecule has 0 aliphatic carbocycles. The number of ether oxygens (including phenoxy) is 2. The minimum atomic E-state index is -1.02. The fourth-order valence-electron chi connectivity index (χ4n) is 0.531. The van der Waals surface area contributed by atoms with Crippen LogP contribution in [-0.4, -0.2) is 38.5 Å². The minimum Gasteiger partial charge on any atom is -0.464 e. The van der Waals surface area contributed by atoms with E-state index in [4.69, 9.17) is 0 Å². The summed E-state index contributed by atoms with van der Waals surface area (Å²) in [5.74, 6) is -1.28. The molecule has 0 spiro atoms. The van der Waals surface area contributed by atoms with Crippen molar-refractivity contribution < 1.29 is 27.8 Å². The maximum Gasteiger partial charge on any atom is 0.337 e. The van der Waals surface area contributed by atoms with Crippen LogP contribution in [0.5, 0.6) is 0 Å². The van der Waals surface area contributed by atoms with Gasteiger partial charge in [-0.15, -0.1) is 0 Å². The highest BCUT2D eigenvalue weighted by atomic mass is 19.1. The zero-order valence-corrected chi connectivity index (χ0v) is 9.37. The molecule has 4 nitrogen and oxygen atoms in total. The van der Waals surface area contributed by atoms with Gasteiger partial charge in [0, 0.05) is 6.08 Å². The van der Waals surface area contributed by atoms with Gasteiger partial charge in [-0.3, -0.25) is 0 Å². The van der Waals surface area contributed by atoms with E-state index in [1.165, 1.54) is 0 Å². The highest BCUT2D eigenvalue weighted by Gasteiger charge is 1.94. The SMILES string of the molecule is CCOC(=O)C=CCF.CCOC(=O)CF. The molecule has 0 aliphatic heterocycles. The quantitative estimate of drug-likeness (QED) is 0.539. The van der Waals surface area contributed by atoms with Crippen molar-refractivity contribution in [2.24, 2.45) is 0 Å². The van der Waals surface area contributed by atoms with Crippen molar-refractivity contribution in [2.45, 2.75) is 13.8 Å². The van der Waals surface area contributed by atoms with E-state index in [0.717, 1.165) is 12.2 Å². The molecule has 0 radical (unpaired) electrons. The van der Waals surface area contributed by atoms with E-state index in [0.29, 0.717) is 6.61 Å². The van der Waals surface area contributed by atoms with Crippen LogP contribution in [-0.2, 0) is 19.1 Å². The Morgan fingerprint density at radius 2 is 1.69 bits per heavy atom. The summed E-state index contributed by atoms with van der Waals surface area (Å²) in [6.07, 6.45) is 2.18. The number of esters is 2. The number of carbonyl (C=O) groups excluding carboxylic acids is 2. The molecule has 0 fully saturated rings. The highest BCUT2D eigenvalue weighted by molar-refractivity contribution is 5.81. The van der Waals surface area contributed by atoms with Crippen LogP contribution in [0.25, 0.3) is 0 Å². The van der Waals surface area contributed by atoms with Gasteiger partial charge in [0.05, 0.1) is 13.2 Å². The third-order valence-electron chi connectivity index (χ3n) is 1.04. The third kappa shape index (κ3) is 15.0. The Morgan fingerprint density at radius 1 is 1.12 bits per heavy atom. The number of hydrogen-bond donors (Lipinski definition) is 0. The predicted molar refractivity (Wildman–Crippen MR) is 54.4 cm³/mol. The topological polar surface area (TPSA) is 52.6 Å². The number of alkyl halides is 2. The Bertz CT molecular complexity index is 217. The first-order chi connectivity index (χ1) is 7.62. The molecular formula is C10H16F2O4. The van der Waals surface area contributed by atoms with Gasteiger partial charge >= 0.3 is 11.9 Å². The van der Waals surface area contributed by atoms with Crippen LogP contribution in [0.2, 0.25) is 0 Å². The van der Waals surface area contributed by atoms with Gasteiger partial charge in [-0.2, -0.15) is 0 Å². The molecule has 0 aromatic carbocycles. The van der Waals surface area contributed by atoms with E-state index in [-0.39, 0.29) is 6.61 Å². The predicted octanol–water partition coefficient (Wildman–Crippen LogP) is 1.59. The molecule has 94 valence electrons. The summed E-state index contributed by atoms with van der Waals surface area (Å²) in [5, 5.41) is 0. The maximum absolute atomic E-state index is 11.3. The second-order valence-electron chi connectivity index (χ2n) is 2.25. The molecule has 0 bridgehead atoms. The third-order valence-corrected chi connectivity index (χ3v) is 1.04. The van der Waals surface area contributed by atoms with E-state index in [1.807, 2.05) is 0 Å². The van der Waals surface area contributed by atoms with Gasteiger partial charge in [0.25, 0.3) is 0 Å². The Hall–Kier alpha value is -1.46. The van der Waals surface area contributed by atoms with Gasteiger partial charge in [0.15, 0.2) is 6.67 Å². The normalized spacial score (nSPS) is 9.25. The summed E-state index contributed by atoms with van der Waals surface area (Å²) in [4.78, 5) is 20.1. The van der Waals surface area contributed by atoms with E-state index in [1.54, 1.807) is 13.8 Å². The number of halogens is 2. The Balaban J connectivity index is 0. The molecule has 16 heavy (non-hydrogen) atoms. The maximum atomic E-state index is 11.3. The molecule has 0 amide bonds. The summed E-state index contributed by atoms with van der Waals surface area (Å²) in [5.41, 5.74) is 0. The van der Waals surface area contributed by atoms with Crippen LogP contribution in [0.3, 0.4) is 0 Å². The molecule has 0 saturated carbocycles. The minimum absolute atomic E-state index is 0.253. The molecule has 0 aromatic rings. The molecule has 0 unspecified atom stereocenters. The number of rotatable bonds is 5. The van der Waals surface area contributed by atoms with Crippen LogP contribution in [0.1, 0.15) is 13.8 Å². The molecule has 0 aliphatic rings. The molecule has 0 N–H and O–H groups in total. The molecule has 0 atom stereocenters. The molecule has 0 aromatic heterocycles. The summed E-state index contributed by atoms with van der Waals surface area (Å²) >= 11 is 0. The average Bonchev–Trinajstić information content (AvgIpc) is 2.28. The van der Waals surface area contributed by atoms with Gasteiger partial charge in [-0.1, -0.05) is 0 Å². The van der Waals surface area contributed by atoms with Gasteiger partial charge in [0.2, 0.25) is 0 Å². The van der Waals surface area contributed by atoms with Gasteiger partial charge in [0.1, 0.15) is 6.67 Å². The molecule has 0 rings (SSSR count). The van der Waals surface area contributed by atoms with Crippen molar-refractivity contribution in [1.82, 2.24) is 0 Å². The van der Waals surface area contributed by atoms with E-state index >= 15 is 0 Å². The highest BCUT2D eigenvalue weighted by Crippen LogP contribution is 1.80. The van der Waals surface area contributed by atoms with E-state index in [9.17, 15) is 18.4 Å². The van der Waals surface area contributed by atoms with Crippen molar-refractivity contribution in [3.05, 3.63) is 12.2 Å². The first kappa shape index (κ1) is 17.0. The summed E-state index contributed by atoms with van der Waals surface area (Å²) in [6, 6.07) is 0. The van der Waals surface area contributed by atoms with Gasteiger partial charge in [-0.05, 0) is 19.9 Å². The number of allylic oxidation sites excluding steroid dienone is 1. The summed E-state index contributed by atoms with van der Waals surface area (Å²) in [7, 11) is 0. The molecule has 0 saturated heterocycles. The van der Waals surface area contributed by atoms with Crippen molar-refractivity contribution in [3.63, 3.8) is 0 Å². The Labute approximate surface area is 93.2 Å². The monoisotopic (exact) mass is 238 g/mol. The van der Waals surface area contributed by atoms with Crippen molar-refractivity contribution in [2.75, 3.05) is 26.6 Å². The van der Waals surface area contributed by atoms with Crippen LogP contribution >= 0.6 is 0 Å². The lowest BCUT2D eigenvalue weighted by Crippen LogP contribution is -2.04. The molecular weight excluding hydrogens is 222 g/mol. The lowest BCUT2D eigenvalue weighted by atomic mass is 10.5. The lowest BCUT2D eigenvalue weighted by molar-refractivity contribution is -0.144. The van der Waals surface area contributed by atoms with Crippen molar-refractivity contribution in [3.8, 4) is 0 Å². The number of hydrogen-bond acceptors (Lipinski definition) is 4. The Kier molecular flexibility index (Phi) is 14.3. The second-order valence-corrected chi connectivity index (χ2v) is 2.25.